The molecule has 0 saturated carbocycles. The fraction of sp³-hybridized carbons (Fsp3) is 0.0500. The molecule has 4 aliphatic heterocycles. The molecule has 0 fully saturated rings. The Labute approximate surface area is 254 Å². The molecule has 4 heterocycles. The van der Waals surface area contributed by atoms with Crippen LogP contribution in [-0.2, 0) is 13.2 Å². The van der Waals surface area contributed by atoms with E-state index >= 15 is 0 Å². The second kappa shape index (κ2) is 9.92. The van der Waals surface area contributed by atoms with Crippen molar-refractivity contribution in [2.45, 2.75) is 13.2 Å². The first-order valence-electron chi connectivity index (χ1n) is 14.8. The van der Waals surface area contributed by atoms with Crippen molar-refractivity contribution >= 4 is 21.5 Å². The van der Waals surface area contributed by atoms with Gasteiger partial charge in [0.1, 0.15) is 36.2 Å². The molecule has 0 aliphatic carbocycles. The predicted octanol–water partition coefficient (Wildman–Crippen LogP) is 10.7. The highest BCUT2D eigenvalue weighted by Gasteiger charge is 2.20. The molecular formula is C40H26O4. The summed E-state index contributed by atoms with van der Waals surface area (Å²) in [5, 5.41) is 4.34. The van der Waals surface area contributed by atoms with Crippen LogP contribution in [0.2, 0.25) is 0 Å². The first-order chi connectivity index (χ1) is 21.8. The smallest absolute Gasteiger partial charge is 0.170 e. The molecule has 4 aliphatic rings. The molecule has 0 N–H and O–H groups in total. The molecule has 0 spiro atoms. The molecule has 0 amide bonds. The van der Waals surface area contributed by atoms with Crippen LogP contribution in [0.15, 0.2) is 133 Å². The van der Waals surface area contributed by atoms with Crippen LogP contribution in [0.25, 0.3) is 43.8 Å². The quantitative estimate of drug-likeness (QED) is 0.170. The topological polar surface area (TPSA) is 36.9 Å². The average molecular weight is 571 g/mol. The van der Waals surface area contributed by atoms with Gasteiger partial charge in [-0.25, -0.2) is 0 Å². The highest BCUT2D eigenvalue weighted by Crippen LogP contribution is 2.46. The second-order valence-corrected chi connectivity index (χ2v) is 11.2. The molecule has 4 heteroatoms. The average Bonchev–Trinajstić information content (AvgIpc) is 3.06. The monoisotopic (exact) mass is 570 g/mol. The molecule has 7 aromatic carbocycles. The normalized spacial score (nSPS) is 12.2. The van der Waals surface area contributed by atoms with Crippen LogP contribution in [0.1, 0.15) is 11.1 Å². The molecule has 0 unspecified atom stereocenters. The standard InChI is InChI=1S/C40H26O4/c1-3-7-35-33(5-1)34-6-2-4-8-36(34)40(42-24-26-11-15-28(16-12-26)32-20-18-30-22-38(32)44-30)39(35)41-23-25-9-13-27(14-10-25)31-19-17-29-21-37(31)43-29/h1-22H,23-24H2. The number of hydrogen-bond acceptors (Lipinski definition) is 4. The van der Waals surface area contributed by atoms with Gasteiger partial charge in [0.05, 0.1) is 0 Å². The molecular weight excluding hydrogens is 544 g/mol. The molecule has 210 valence electrons. The van der Waals surface area contributed by atoms with E-state index in [-0.39, 0.29) is 0 Å². The minimum atomic E-state index is 0.416. The van der Waals surface area contributed by atoms with Crippen LogP contribution < -0.4 is 18.9 Å². The third-order valence-electron chi connectivity index (χ3n) is 8.50. The van der Waals surface area contributed by atoms with Gasteiger partial charge in [-0.05, 0) is 57.3 Å². The number of rotatable bonds is 8. The van der Waals surface area contributed by atoms with Crippen molar-refractivity contribution in [3.63, 3.8) is 0 Å². The van der Waals surface area contributed by atoms with Gasteiger partial charge in [-0.15, -0.1) is 0 Å². The van der Waals surface area contributed by atoms with Gasteiger partial charge in [0, 0.05) is 34.0 Å². The third kappa shape index (κ3) is 4.15. The molecule has 4 bridgehead atoms. The number of fused-ring (bicyclic) bond motifs is 7. The Morgan fingerprint density at radius 3 is 1.16 bits per heavy atom. The summed E-state index contributed by atoms with van der Waals surface area (Å²) in [6.07, 6.45) is 0. The van der Waals surface area contributed by atoms with E-state index in [0.717, 1.165) is 89.4 Å². The number of hydrogen-bond donors (Lipinski definition) is 0. The highest BCUT2D eigenvalue weighted by molar-refractivity contribution is 6.13. The van der Waals surface area contributed by atoms with E-state index in [0.29, 0.717) is 13.2 Å². The van der Waals surface area contributed by atoms with Gasteiger partial charge in [0.25, 0.3) is 0 Å². The van der Waals surface area contributed by atoms with E-state index in [1.54, 1.807) is 0 Å². The lowest BCUT2D eigenvalue weighted by atomic mass is 9.99. The summed E-state index contributed by atoms with van der Waals surface area (Å²) in [7, 11) is 0. The Kier molecular flexibility index (Phi) is 5.60. The Bertz CT molecular complexity index is 2050. The van der Waals surface area contributed by atoms with Gasteiger partial charge in [-0.3, -0.25) is 0 Å². The van der Waals surface area contributed by atoms with E-state index in [1.165, 1.54) is 0 Å². The van der Waals surface area contributed by atoms with Gasteiger partial charge in [0.2, 0.25) is 0 Å². The summed E-state index contributed by atoms with van der Waals surface area (Å²) in [5.41, 5.74) is 6.61. The minimum Gasteiger partial charge on any atom is -0.484 e. The summed E-state index contributed by atoms with van der Waals surface area (Å²) in [6.45, 7) is 0.832. The van der Waals surface area contributed by atoms with E-state index in [2.05, 4.69) is 121 Å². The van der Waals surface area contributed by atoms with Crippen molar-refractivity contribution in [2.24, 2.45) is 0 Å². The summed E-state index contributed by atoms with van der Waals surface area (Å²) in [4.78, 5) is 0. The molecule has 0 atom stereocenters. The van der Waals surface area contributed by atoms with Crippen molar-refractivity contribution in [2.75, 3.05) is 0 Å². The zero-order valence-electron chi connectivity index (χ0n) is 23.7. The second-order valence-electron chi connectivity index (χ2n) is 11.2. The Hall–Kier alpha value is -5.74. The van der Waals surface area contributed by atoms with E-state index in [4.69, 9.17) is 18.9 Å². The van der Waals surface area contributed by atoms with Crippen molar-refractivity contribution in [1.82, 2.24) is 0 Å². The Morgan fingerprint density at radius 2 is 0.795 bits per heavy atom. The Morgan fingerprint density at radius 1 is 0.409 bits per heavy atom. The van der Waals surface area contributed by atoms with Crippen LogP contribution in [0.3, 0.4) is 0 Å². The van der Waals surface area contributed by atoms with Crippen LogP contribution in [-0.4, -0.2) is 0 Å². The van der Waals surface area contributed by atoms with Gasteiger partial charge in [-0.2, -0.15) is 0 Å². The van der Waals surface area contributed by atoms with Crippen molar-refractivity contribution in [3.8, 4) is 56.8 Å². The molecule has 0 saturated heterocycles. The first-order valence-corrected chi connectivity index (χ1v) is 14.8. The molecule has 0 radical (unpaired) electrons. The fourth-order valence-corrected chi connectivity index (χ4v) is 6.15. The van der Waals surface area contributed by atoms with Crippen LogP contribution in [0, 0.1) is 0 Å². The van der Waals surface area contributed by atoms with Crippen molar-refractivity contribution in [1.29, 1.82) is 0 Å². The minimum absolute atomic E-state index is 0.416. The van der Waals surface area contributed by atoms with E-state index in [9.17, 15) is 0 Å². The van der Waals surface area contributed by atoms with Crippen LogP contribution >= 0.6 is 0 Å². The lowest BCUT2D eigenvalue weighted by molar-refractivity contribution is 0.261. The molecule has 4 nitrogen and oxygen atoms in total. The summed E-state index contributed by atoms with van der Waals surface area (Å²) in [5.74, 6) is 5.21. The van der Waals surface area contributed by atoms with Crippen LogP contribution in [0.4, 0.5) is 0 Å². The van der Waals surface area contributed by atoms with E-state index in [1.807, 2.05) is 12.1 Å². The lowest BCUT2D eigenvalue weighted by Gasteiger charge is -2.21. The van der Waals surface area contributed by atoms with E-state index < -0.39 is 0 Å². The highest BCUT2D eigenvalue weighted by atomic mass is 16.5. The Balaban J connectivity index is 1.03. The van der Waals surface area contributed by atoms with Gasteiger partial charge in [-0.1, -0.05) is 97.1 Å². The van der Waals surface area contributed by atoms with Gasteiger partial charge < -0.3 is 18.9 Å². The zero-order chi connectivity index (χ0) is 29.0. The summed E-state index contributed by atoms with van der Waals surface area (Å²) in [6, 6.07) is 46.1. The molecule has 44 heavy (non-hydrogen) atoms. The van der Waals surface area contributed by atoms with Crippen molar-refractivity contribution < 1.29 is 18.9 Å². The first kappa shape index (κ1) is 24.8. The van der Waals surface area contributed by atoms with Crippen molar-refractivity contribution in [3.05, 3.63) is 145 Å². The maximum Gasteiger partial charge on any atom is 0.170 e. The maximum absolute atomic E-state index is 6.64. The molecule has 0 aromatic heterocycles. The van der Waals surface area contributed by atoms with Gasteiger partial charge >= 0.3 is 0 Å². The molecule has 7 aromatic rings. The zero-order valence-corrected chi connectivity index (χ0v) is 23.7. The SMILES string of the molecule is c1ccc2c(c1)c(OCc1ccc(-c3ccc4cc3O4)cc1)c(OCc1ccc(-c3ccc4cc3O4)cc1)c1ccccc12. The van der Waals surface area contributed by atoms with Gasteiger partial charge in [0.15, 0.2) is 11.5 Å². The molecule has 11 rings (SSSR count). The summed E-state index contributed by atoms with van der Waals surface area (Å²) < 4.78 is 24.6. The fourth-order valence-electron chi connectivity index (χ4n) is 6.15. The summed E-state index contributed by atoms with van der Waals surface area (Å²) >= 11 is 0. The lowest BCUT2D eigenvalue weighted by Crippen LogP contribution is -2.03. The predicted molar refractivity (Wildman–Crippen MR) is 174 cm³/mol. The van der Waals surface area contributed by atoms with Crippen LogP contribution in [0.5, 0.6) is 34.5 Å². The maximum atomic E-state index is 6.64. The number of benzene rings is 7. The third-order valence-corrected chi connectivity index (χ3v) is 8.50. The number of ether oxygens (including phenoxy) is 4. The largest absolute Gasteiger partial charge is 0.484 e.